The Labute approximate surface area is 105 Å². The molecule has 100 valence electrons. The molecule has 0 aromatic rings. The minimum Gasteiger partial charge on any atom is -0.368 e. The maximum absolute atomic E-state index is 11.5. The number of likely N-dealkylation sites (tertiary alicyclic amines) is 1. The largest absolute Gasteiger partial charge is 0.368 e. The van der Waals surface area contributed by atoms with Gasteiger partial charge in [0, 0.05) is 12.6 Å². The molecule has 1 fully saturated rings. The summed E-state index contributed by atoms with van der Waals surface area (Å²) < 4.78 is 0. The summed E-state index contributed by atoms with van der Waals surface area (Å²) in [4.78, 5) is 14.0. The molecule has 17 heavy (non-hydrogen) atoms. The van der Waals surface area contributed by atoms with E-state index in [4.69, 9.17) is 5.73 Å². The molecule has 4 heteroatoms. The second kappa shape index (κ2) is 6.36. The van der Waals surface area contributed by atoms with Crippen LogP contribution in [0.5, 0.6) is 0 Å². The van der Waals surface area contributed by atoms with E-state index in [1.165, 1.54) is 32.1 Å². The van der Waals surface area contributed by atoms with E-state index in [1.807, 2.05) is 14.0 Å². The molecule has 0 saturated carbocycles. The molecule has 2 unspecified atom stereocenters. The number of amides is 1. The van der Waals surface area contributed by atoms with Crippen LogP contribution in [-0.2, 0) is 4.79 Å². The van der Waals surface area contributed by atoms with Crippen molar-refractivity contribution in [2.24, 2.45) is 5.73 Å². The van der Waals surface area contributed by atoms with E-state index in [-0.39, 0.29) is 5.91 Å². The number of nitrogens with zero attached hydrogens (tertiary/aromatic N) is 1. The van der Waals surface area contributed by atoms with Gasteiger partial charge in [0.15, 0.2) is 0 Å². The Kier molecular flexibility index (Phi) is 5.40. The molecular weight excluding hydrogens is 214 g/mol. The summed E-state index contributed by atoms with van der Waals surface area (Å²) in [6.07, 6.45) is 6.23. The first-order chi connectivity index (χ1) is 8.03. The summed E-state index contributed by atoms with van der Waals surface area (Å²) >= 11 is 0. The quantitative estimate of drug-likeness (QED) is 0.732. The summed E-state index contributed by atoms with van der Waals surface area (Å²) in [7, 11) is 1.81. The van der Waals surface area contributed by atoms with Gasteiger partial charge in [0.1, 0.15) is 5.54 Å². The van der Waals surface area contributed by atoms with Crippen molar-refractivity contribution < 1.29 is 4.79 Å². The Bertz CT molecular complexity index is 255. The van der Waals surface area contributed by atoms with Crippen LogP contribution >= 0.6 is 0 Å². The SMILES string of the molecule is CCCC1CCCCN1CC(C)(NC)C(N)=O. The zero-order valence-corrected chi connectivity index (χ0v) is 11.5. The highest BCUT2D eigenvalue weighted by Crippen LogP contribution is 2.22. The molecule has 1 heterocycles. The Hall–Kier alpha value is -0.610. The predicted octanol–water partition coefficient (Wildman–Crippen LogP) is 1.10. The van der Waals surface area contributed by atoms with Crippen molar-refractivity contribution in [3.63, 3.8) is 0 Å². The van der Waals surface area contributed by atoms with E-state index in [2.05, 4.69) is 17.1 Å². The molecular formula is C13H27N3O. The van der Waals surface area contributed by atoms with Gasteiger partial charge in [0.2, 0.25) is 5.91 Å². The second-order valence-corrected chi connectivity index (χ2v) is 5.36. The molecule has 0 bridgehead atoms. The first-order valence-corrected chi connectivity index (χ1v) is 6.76. The van der Waals surface area contributed by atoms with Gasteiger partial charge in [0.25, 0.3) is 0 Å². The fourth-order valence-electron chi connectivity index (χ4n) is 2.61. The van der Waals surface area contributed by atoms with Gasteiger partial charge >= 0.3 is 0 Å². The Morgan fingerprint density at radius 1 is 1.53 bits per heavy atom. The number of hydrogen-bond acceptors (Lipinski definition) is 3. The van der Waals surface area contributed by atoms with Crippen LogP contribution in [0.3, 0.4) is 0 Å². The number of rotatable bonds is 6. The summed E-state index contributed by atoms with van der Waals surface area (Å²) in [5, 5.41) is 3.07. The number of likely N-dealkylation sites (N-methyl/N-ethyl adjacent to an activating group) is 1. The molecule has 3 N–H and O–H groups in total. The monoisotopic (exact) mass is 241 g/mol. The van der Waals surface area contributed by atoms with Crippen molar-refractivity contribution in [3.05, 3.63) is 0 Å². The van der Waals surface area contributed by atoms with E-state index in [9.17, 15) is 4.79 Å². The van der Waals surface area contributed by atoms with Gasteiger partial charge in [-0.2, -0.15) is 0 Å². The summed E-state index contributed by atoms with van der Waals surface area (Å²) in [5.41, 5.74) is 4.88. The minimum absolute atomic E-state index is 0.263. The van der Waals surface area contributed by atoms with Crippen LogP contribution in [0, 0.1) is 0 Å². The van der Waals surface area contributed by atoms with Gasteiger partial charge in [0.05, 0.1) is 0 Å². The van der Waals surface area contributed by atoms with Crippen LogP contribution in [0.4, 0.5) is 0 Å². The van der Waals surface area contributed by atoms with Crippen molar-refractivity contribution in [2.45, 2.75) is 57.5 Å². The van der Waals surface area contributed by atoms with Gasteiger partial charge in [-0.3, -0.25) is 9.69 Å². The molecule has 0 spiro atoms. The molecule has 4 nitrogen and oxygen atoms in total. The fourth-order valence-corrected chi connectivity index (χ4v) is 2.61. The molecule has 1 saturated heterocycles. The molecule has 0 radical (unpaired) electrons. The standard InChI is InChI=1S/C13H27N3O/c1-4-7-11-8-5-6-9-16(11)10-13(2,15-3)12(14)17/h11,15H,4-10H2,1-3H3,(H2,14,17). The fraction of sp³-hybridized carbons (Fsp3) is 0.923. The lowest BCUT2D eigenvalue weighted by Crippen LogP contribution is -2.60. The maximum Gasteiger partial charge on any atom is 0.238 e. The van der Waals surface area contributed by atoms with Gasteiger partial charge in [-0.1, -0.05) is 19.8 Å². The van der Waals surface area contributed by atoms with E-state index in [0.29, 0.717) is 6.04 Å². The second-order valence-electron chi connectivity index (χ2n) is 5.36. The topological polar surface area (TPSA) is 58.4 Å². The first-order valence-electron chi connectivity index (χ1n) is 6.76. The molecule has 1 rings (SSSR count). The third kappa shape index (κ3) is 3.68. The number of nitrogens with two attached hydrogens (primary N) is 1. The normalized spacial score (nSPS) is 25.5. The van der Waals surface area contributed by atoms with Gasteiger partial charge in [-0.15, -0.1) is 0 Å². The van der Waals surface area contributed by atoms with E-state index >= 15 is 0 Å². The number of carbonyl (C=O) groups excluding carboxylic acids is 1. The molecule has 0 aliphatic carbocycles. The molecule has 1 aliphatic rings. The van der Waals surface area contributed by atoms with Gasteiger partial charge in [-0.05, 0) is 39.8 Å². The third-order valence-corrected chi connectivity index (χ3v) is 3.99. The van der Waals surface area contributed by atoms with Crippen molar-refractivity contribution in [3.8, 4) is 0 Å². The summed E-state index contributed by atoms with van der Waals surface area (Å²) in [6.45, 7) is 5.93. The predicted molar refractivity (Wildman–Crippen MR) is 70.8 cm³/mol. The summed E-state index contributed by atoms with van der Waals surface area (Å²) in [5.74, 6) is -0.263. The highest BCUT2D eigenvalue weighted by Gasteiger charge is 2.34. The van der Waals surface area contributed by atoms with Crippen LogP contribution in [0.2, 0.25) is 0 Å². The zero-order valence-electron chi connectivity index (χ0n) is 11.5. The minimum atomic E-state index is -0.608. The molecule has 2 atom stereocenters. The van der Waals surface area contributed by atoms with E-state index in [1.54, 1.807) is 0 Å². The molecule has 1 amide bonds. The van der Waals surface area contributed by atoms with Crippen molar-refractivity contribution in [1.82, 2.24) is 10.2 Å². The Morgan fingerprint density at radius 2 is 2.24 bits per heavy atom. The van der Waals surface area contributed by atoms with Gasteiger partial charge < -0.3 is 11.1 Å². The molecule has 0 aromatic carbocycles. The van der Waals surface area contributed by atoms with E-state index < -0.39 is 5.54 Å². The lowest BCUT2D eigenvalue weighted by atomic mass is 9.94. The number of carbonyl (C=O) groups is 1. The molecule has 0 aromatic heterocycles. The van der Waals surface area contributed by atoms with Gasteiger partial charge in [-0.25, -0.2) is 0 Å². The Morgan fingerprint density at radius 3 is 2.76 bits per heavy atom. The third-order valence-electron chi connectivity index (χ3n) is 3.99. The number of hydrogen-bond donors (Lipinski definition) is 2. The van der Waals surface area contributed by atoms with Crippen LogP contribution < -0.4 is 11.1 Å². The molecule has 1 aliphatic heterocycles. The van der Waals surface area contributed by atoms with Crippen molar-refractivity contribution in [2.75, 3.05) is 20.1 Å². The van der Waals surface area contributed by atoms with Crippen molar-refractivity contribution >= 4 is 5.91 Å². The number of primary amides is 1. The first kappa shape index (κ1) is 14.5. The summed E-state index contributed by atoms with van der Waals surface area (Å²) in [6, 6.07) is 0.626. The van der Waals surface area contributed by atoms with Crippen molar-refractivity contribution in [1.29, 1.82) is 0 Å². The lowest BCUT2D eigenvalue weighted by molar-refractivity contribution is -0.124. The zero-order chi connectivity index (χ0) is 12.9. The lowest BCUT2D eigenvalue weighted by Gasteiger charge is -2.40. The number of piperidine rings is 1. The maximum atomic E-state index is 11.5. The average molecular weight is 241 g/mol. The van der Waals surface area contributed by atoms with Crippen LogP contribution in [0.15, 0.2) is 0 Å². The van der Waals surface area contributed by atoms with Crippen LogP contribution in [0.25, 0.3) is 0 Å². The average Bonchev–Trinajstić information content (AvgIpc) is 2.31. The van der Waals surface area contributed by atoms with Crippen LogP contribution in [-0.4, -0.2) is 42.5 Å². The highest BCUT2D eigenvalue weighted by atomic mass is 16.1. The number of nitrogens with one attached hydrogen (secondary N) is 1. The van der Waals surface area contributed by atoms with Crippen LogP contribution in [0.1, 0.15) is 46.0 Å². The highest BCUT2D eigenvalue weighted by molar-refractivity contribution is 5.84. The Balaban J connectivity index is 2.65. The smallest absolute Gasteiger partial charge is 0.238 e. The van der Waals surface area contributed by atoms with E-state index in [0.717, 1.165) is 13.1 Å².